The lowest BCUT2D eigenvalue weighted by molar-refractivity contribution is -0.183. The van der Waals surface area contributed by atoms with Crippen LogP contribution >= 0.6 is 0 Å². The van der Waals surface area contributed by atoms with Gasteiger partial charge in [0.2, 0.25) is 0 Å². The lowest BCUT2D eigenvalue weighted by atomic mass is 9.67. The summed E-state index contributed by atoms with van der Waals surface area (Å²) in [5.41, 5.74) is 0. The quantitative estimate of drug-likeness (QED) is 0.0722. The molecule has 9 nitrogen and oxygen atoms in total. The zero-order valence-corrected chi connectivity index (χ0v) is 24.0. The third kappa shape index (κ3) is 11.2. The number of rotatable bonds is 21. The van der Waals surface area contributed by atoms with Gasteiger partial charge in [-0.15, -0.1) is 0 Å². The second-order valence-electron chi connectivity index (χ2n) is 11.5. The van der Waals surface area contributed by atoms with Crippen LogP contribution in [0.15, 0.2) is 24.3 Å². The van der Waals surface area contributed by atoms with Crippen molar-refractivity contribution < 1.29 is 43.1 Å². The summed E-state index contributed by atoms with van der Waals surface area (Å²) < 4.78 is 32.3. The van der Waals surface area contributed by atoms with Crippen molar-refractivity contribution in [3.63, 3.8) is 0 Å². The molecule has 0 aromatic rings. The number of unbranched alkanes of at least 4 members (excludes halogenated alkanes) is 5. The minimum Gasteiger partial charge on any atom is -0.463 e. The number of carbonyl (C=O) groups excluding carboxylic acids is 2. The molecule has 3 saturated heterocycles. The Morgan fingerprint density at radius 3 is 2.12 bits per heavy atom. The Balaban J connectivity index is 1.26. The standard InChI is InChI=1S/C31H48O9/c1-2-3-8-11-22-14-15-23(12-9-6-4-5-7-10-13-27(32)38-19-24-16-35-24)29(31(34)40-21-26-18-37-26)28(22)30(33)39-20-25-17-36-25/h3,8,14-15,22-26,28-29,31,34H,2,4-7,9-13,16-21H2,1H3/b8-3+. The van der Waals surface area contributed by atoms with E-state index in [1.54, 1.807) is 0 Å². The Labute approximate surface area is 238 Å². The van der Waals surface area contributed by atoms with E-state index in [1.165, 1.54) is 0 Å². The number of aliphatic hydroxyl groups excluding tert-OH is 1. The maximum Gasteiger partial charge on any atom is 0.310 e. The summed E-state index contributed by atoms with van der Waals surface area (Å²) in [6.07, 6.45) is 16.6. The van der Waals surface area contributed by atoms with Crippen LogP contribution in [0.4, 0.5) is 0 Å². The van der Waals surface area contributed by atoms with Crippen LogP contribution in [0.2, 0.25) is 0 Å². The smallest absolute Gasteiger partial charge is 0.310 e. The summed E-state index contributed by atoms with van der Waals surface area (Å²) in [5.74, 6) is -1.34. The van der Waals surface area contributed by atoms with Crippen molar-refractivity contribution in [1.29, 1.82) is 0 Å². The number of hydrogen-bond donors (Lipinski definition) is 1. The van der Waals surface area contributed by atoms with Gasteiger partial charge in [-0.25, -0.2) is 0 Å². The van der Waals surface area contributed by atoms with Crippen LogP contribution in [0.5, 0.6) is 0 Å². The molecular weight excluding hydrogens is 516 g/mol. The predicted octanol–water partition coefficient (Wildman–Crippen LogP) is 4.12. The van der Waals surface area contributed by atoms with Gasteiger partial charge in [-0.3, -0.25) is 9.59 Å². The monoisotopic (exact) mass is 564 g/mol. The van der Waals surface area contributed by atoms with Crippen LogP contribution in [0, 0.1) is 23.7 Å². The van der Waals surface area contributed by atoms with E-state index in [1.807, 2.05) is 0 Å². The average molecular weight is 565 g/mol. The van der Waals surface area contributed by atoms with Gasteiger partial charge in [0, 0.05) is 12.3 Å². The lowest BCUT2D eigenvalue weighted by Crippen LogP contribution is -2.45. The van der Waals surface area contributed by atoms with Gasteiger partial charge < -0.3 is 33.5 Å². The Hall–Kier alpha value is -1.78. The Kier molecular flexibility index (Phi) is 12.9. The predicted molar refractivity (Wildman–Crippen MR) is 147 cm³/mol. The van der Waals surface area contributed by atoms with Crippen molar-refractivity contribution in [3.05, 3.63) is 24.3 Å². The van der Waals surface area contributed by atoms with Gasteiger partial charge in [0.25, 0.3) is 0 Å². The first-order valence-electron chi connectivity index (χ1n) is 15.3. The van der Waals surface area contributed by atoms with Crippen molar-refractivity contribution in [2.75, 3.05) is 39.6 Å². The fourth-order valence-electron chi connectivity index (χ4n) is 5.44. The van der Waals surface area contributed by atoms with Gasteiger partial charge >= 0.3 is 11.9 Å². The van der Waals surface area contributed by atoms with Crippen molar-refractivity contribution in [2.45, 2.75) is 95.7 Å². The van der Waals surface area contributed by atoms with E-state index in [9.17, 15) is 14.7 Å². The number of allylic oxidation sites excluding steroid dienone is 4. The normalized spacial score (nSPS) is 31.2. The summed E-state index contributed by atoms with van der Waals surface area (Å²) in [5, 5.41) is 11.2. The molecule has 3 aliphatic heterocycles. The second kappa shape index (κ2) is 16.6. The Morgan fingerprint density at radius 1 is 0.850 bits per heavy atom. The Bertz CT molecular complexity index is 831. The van der Waals surface area contributed by atoms with E-state index in [4.69, 9.17) is 28.4 Å². The van der Waals surface area contributed by atoms with Crippen LogP contribution in [0.25, 0.3) is 0 Å². The minimum atomic E-state index is -1.07. The maximum atomic E-state index is 13.4. The van der Waals surface area contributed by atoms with Crippen LogP contribution in [-0.2, 0) is 38.0 Å². The van der Waals surface area contributed by atoms with Gasteiger partial charge in [0.05, 0.1) is 32.3 Å². The molecule has 4 rings (SSSR count). The molecule has 1 N–H and O–H groups in total. The number of hydrogen-bond acceptors (Lipinski definition) is 9. The molecule has 226 valence electrons. The van der Waals surface area contributed by atoms with Gasteiger partial charge in [-0.05, 0) is 37.5 Å². The lowest BCUT2D eigenvalue weighted by Gasteiger charge is -2.40. The number of carbonyl (C=O) groups is 2. The summed E-state index contributed by atoms with van der Waals surface area (Å²) in [7, 11) is 0. The van der Waals surface area contributed by atoms with Crippen molar-refractivity contribution >= 4 is 11.9 Å². The highest BCUT2D eigenvalue weighted by atomic mass is 16.6. The molecule has 0 spiro atoms. The maximum absolute atomic E-state index is 13.4. The highest BCUT2D eigenvalue weighted by Crippen LogP contribution is 2.42. The average Bonchev–Trinajstić information content (AvgIpc) is 3.81. The molecule has 8 unspecified atom stereocenters. The van der Waals surface area contributed by atoms with Gasteiger partial charge in [-0.2, -0.15) is 0 Å². The molecule has 3 heterocycles. The number of esters is 2. The minimum absolute atomic E-state index is 0.00746. The highest BCUT2D eigenvalue weighted by molar-refractivity contribution is 5.74. The first-order valence-corrected chi connectivity index (χ1v) is 15.3. The molecule has 9 heteroatoms. The fraction of sp³-hybridized carbons (Fsp3) is 0.806. The van der Waals surface area contributed by atoms with E-state index in [-0.39, 0.29) is 54.6 Å². The molecule has 0 radical (unpaired) electrons. The van der Waals surface area contributed by atoms with E-state index in [0.717, 1.165) is 51.4 Å². The molecule has 40 heavy (non-hydrogen) atoms. The zero-order valence-electron chi connectivity index (χ0n) is 24.0. The fourth-order valence-corrected chi connectivity index (χ4v) is 5.44. The van der Waals surface area contributed by atoms with E-state index < -0.39 is 12.2 Å². The van der Waals surface area contributed by atoms with Crippen molar-refractivity contribution in [1.82, 2.24) is 0 Å². The van der Waals surface area contributed by atoms with Crippen LogP contribution < -0.4 is 0 Å². The number of aliphatic hydroxyl groups is 1. The molecule has 4 aliphatic rings. The number of ether oxygens (including phenoxy) is 6. The van der Waals surface area contributed by atoms with Gasteiger partial charge in [0.1, 0.15) is 31.5 Å². The van der Waals surface area contributed by atoms with Crippen LogP contribution in [0.1, 0.15) is 71.1 Å². The third-order valence-electron chi connectivity index (χ3n) is 8.06. The first-order chi connectivity index (χ1) is 19.5. The molecule has 0 saturated carbocycles. The largest absolute Gasteiger partial charge is 0.463 e. The molecule has 0 bridgehead atoms. The van der Waals surface area contributed by atoms with Crippen LogP contribution in [-0.4, -0.2) is 81.3 Å². The van der Waals surface area contributed by atoms with Crippen LogP contribution in [0.3, 0.4) is 0 Å². The van der Waals surface area contributed by atoms with Crippen molar-refractivity contribution in [3.8, 4) is 0 Å². The summed E-state index contributed by atoms with van der Waals surface area (Å²) in [6.45, 7) is 5.03. The van der Waals surface area contributed by atoms with E-state index in [0.29, 0.717) is 45.9 Å². The summed E-state index contributed by atoms with van der Waals surface area (Å²) in [4.78, 5) is 25.2. The SMILES string of the molecule is CC/C=C/CC1C=CC(CCCCCCCCC(=O)OCC2CO2)C(C(O)OCC2CO2)C1C(=O)OCC1CO1. The summed E-state index contributed by atoms with van der Waals surface area (Å²) >= 11 is 0. The van der Waals surface area contributed by atoms with E-state index >= 15 is 0 Å². The first kappa shape index (κ1) is 31.2. The van der Waals surface area contributed by atoms with Crippen molar-refractivity contribution in [2.24, 2.45) is 23.7 Å². The topological polar surface area (TPSA) is 120 Å². The van der Waals surface area contributed by atoms with Gasteiger partial charge in [0.15, 0.2) is 6.29 Å². The molecule has 8 atom stereocenters. The highest BCUT2D eigenvalue weighted by Gasteiger charge is 2.46. The molecule has 0 amide bonds. The Morgan fingerprint density at radius 2 is 1.45 bits per heavy atom. The number of epoxide rings is 3. The van der Waals surface area contributed by atoms with E-state index in [2.05, 4.69) is 31.2 Å². The molecular formula is C31H48O9. The second-order valence-corrected chi connectivity index (χ2v) is 11.5. The molecule has 3 fully saturated rings. The molecule has 0 aromatic carbocycles. The summed E-state index contributed by atoms with van der Waals surface area (Å²) in [6, 6.07) is 0. The van der Waals surface area contributed by atoms with Gasteiger partial charge in [-0.1, -0.05) is 63.3 Å². The zero-order chi connectivity index (χ0) is 28.2. The third-order valence-corrected chi connectivity index (χ3v) is 8.06. The molecule has 0 aromatic heterocycles. The molecule has 1 aliphatic carbocycles.